The van der Waals surface area contributed by atoms with Crippen LogP contribution in [0.3, 0.4) is 0 Å². The van der Waals surface area contributed by atoms with Crippen LogP contribution in [0, 0.1) is 0 Å². The summed E-state index contributed by atoms with van der Waals surface area (Å²) < 4.78 is 68.9. The van der Waals surface area contributed by atoms with Crippen LogP contribution in [0.15, 0.2) is 41.3 Å². The van der Waals surface area contributed by atoms with Crippen LogP contribution < -0.4 is 15.2 Å². The molecule has 0 spiro atoms. The van der Waals surface area contributed by atoms with Crippen molar-refractivity contribution in [2.75, 3.05) is 26.4 Å². The molecule has 0 bridgehead atoms. The molecule has 3 N–H and O–H groups in total. The van der Waals surface area contributed by atoms with E-state index in [1.165, 1.54) is 12.1 Å². The minimum absolute atomic E-state index is 0.250. The van der Waals surface area contributed by atoms with Crippen molar-refractivity contribution >= 4 is 38.9 Å². The topological polar surface area (TPSA) is 84.7 Å². The Labute approximate surface area is 176 Å². The molecule has 0 fully saturated rings. The number of nitrogens with two attached hydrogens (primary N) is 1. The van der Waals surface area contributed by atoms with Gasteiger partial charge in [0, 0.05) is 12.6 Å². The molecule has 2 aromatic carbocycles. The normalized spacial score (nSPS) is 13.5. The van der Waals surface area contributed by atoms with Crippen LogP contribution in [0.4, 0.5) is 18.9 Å². The lowest BCUT2D eigenvalue weighted by Crippen LogP contribution is -2.35. The highest BCUT2D eigenvalue weighted by atomic mass is 35.5. The van der Waals surface area contributed by atoms with Crippen molar-refractivity contribution < 1.29 is 26.3 Å². The summed E-state index contributed by atoms with van der Waals surface area (Å²) in [5.41, 5.74) is 5.83. The summed E-state index contributed by atoms with van der Waals surface area (Å²) in [6.45, 7) is 0.270. The van der Waals surface area contributed by atoms with Gasteiger partial charge < -0.3 is 15.4 Å². The van der Waals surface area contributed by atoms with Crippen LogP contribution in [0.25, 0.3) is 0 Å². The number of rotatable bonds is 7. The molecular formula is C17H18Cl2F3N3O3S. The second kappa shape index (κ2) is 8.97. The molecule has 29 heavy (non-hydrogen) atoms. The quantitative estimate of drug-likeness (QED) is 0.594. The zero-order chi connectivity index (χ0) is 22.0. The Balaban J connectivity index is 2.35. The number of benzene rings is 2. The van der Waals surface area contributed by atoms with E-state index < -0.39 is 33.9 Å². The van der Waals surface area contributed by atoms with Gasteiger partial charge in [-0.05, 0) is 43.9 Å². The number of halogens is 5. The number of nitrogens with one attached hydrogen (secondary N) is 1. The van der Waals surface area contributed by atoms with Crippen molar-refractivity contribution in [3.63, 3.8) is 0 Å². The van der Waals surface area contributed by atoms with Gasteiger partial charge in [0.25, 0.3) is 0 Å². The fraction of sp³-hybridized carbons (Fsp3) is 0.294. The van der Waals surface area contributed by atoms with Crippen LogP contribution in [-0.2, 0) is 10.0 Å². The predicted octanol–water partition coefficient (Wildman–Crippen LogP) is 4.06. The van der Waals surface area contributed by atoms with Crippen LogP contribution in [-0.4, -0.2) is 40.3 Å². The Hall–Kier alpha value is -1.72. The average Bonchev–Trinajstić information content (AvgIpc) is 2.54. The van der Waals surface area contributed by atoms with E-state index in [0.29, 0.717) is 10.6 Å². The molecule has 0 radical (unpaired) electrons. The van der Waals surface area contributed by atoms with Crippen LogP contribution in [0.1, 0.15) is 11.6 Å². The lowest BCUT2D eigenvalue weighted by Gasteiger charge is -2.23. The Morgan fingerprint density at radius 2 is 1.79 bits per heavy atom. The lowest BCUT2D eigenvalue weighted by atomic mass is 10.1. The maximum atomic E-state index is 12.8. The Bertz CT molecular complexity index is 986. The molecule has 0 aliphatic rings. The van der Waals surface area contributed by atoms with Gasteiger partial charge in [-0.2, -0.15) is 0 Å². The minimum Gasteiger partial charge on any atom is -0.406 e. The van der Waals surface area contributed by atoms with E-state index in [-0.39, 0.29) is 16.5 Å². The first kappa shape index (κ1) is 23.6. The van der Waals surface area contributed by atoms with Gasteiger partial charge in [0.1, 0.15) is 10.6 Å². The number of ether oxygens (including phenoxy) is 1. The molecule has 0 amide bonds. The second-order valence-electron chi connectivity index (χ2n) is 6.36. The largest absolute Gasteiger partial charge is 0.573 e. The molecule has 6 nitrogen and oxygen atoms in total. The minimum atomic E-state index is -4.92. The number of hydrogen-bond donors (Lipinski definition) is 2. The Morgan fingerprint density at radius 1 is 1.14 bits per heavy atom. The van der Waals surface area contributed by atoms with Gasteiger partial charge in [-0.15, -0.1) is 13.2 Å². The van der Waals surface area contributed by atoms with Crippen molar-refractivity contribution in [1.82, 2.24) is 9.62 Å². The number of hydrogen-bond acceptors (Lipinski definition) is 5. The van der Waals surface area contributed by atoms with Crippen molar-refractivity contribution in [1.29, 1.82) is 0 Å². The third kappa shape index (κ3) is 6.65. The smallest absolute Gasteiger partial charge is 0.406 e. The molecule has 0 saturated heterocycles. The third-order valence-corrected chi connectivity index (χ3v) is 5.98. The van der Waals surface area contributed by atoms with Gasteiger partial charge >= 0.3 is 6.36 Å². The molecule has 2 aromatic rings. The highest BCUT2D eigenvalue weighted by molar-refractivity contribution is 7.89. The van der Waals surface area contributed by atoms with Gasteiger partial charge in [0.05, 0.1) is 21.8 Å². The highest BCUT2D eigenvalue weighted by Gasteiger charge is 2.32. The summed E-state index contributed by atoms with van der Waals surface area (Å²) in [6, 6.07) is 6.57. The van der Waals surface area contributed by atoms with Crippen LogP contribution in [0.5, 0.6) is 5.75 Å². The fourth-order valence-electron chi connectivity index (χ4n) is 2.52. The van der Waals surface area contributed by atoms with Gasteiger partial charge in [0.2, 0.25) is 10.0 Å². The number of alkyl halides is 3. The van der Waals surface area contributed by atoms with E-state index in [9.17, 15) is 21.6 Å². The summed E-state index contributed by atoms with van der Waals surface area (Å²) >= 11 is 11.9. The van der Waals surface area contributed by atoms with Crippen molar-refractivity contribution in [2.45, 2.75) is 17.3 Å². The van der Waals surface area contributed by atoms with Gasteiger partial charge in [-0.25, -0.2) is 13.1 Å². The van der Waals surface area contributed by atoms with Gasteiger partial charge in [0.15, 0.2) is 0 Å². The van der Waals surface area contributed by atoms with E-state index in [1.54, 1.807) is 25.1 Å². The van der Waals surface area contributed by atoms with Gasteiger partial charge in [-0.1, -0.05) is 29.3 Å². The average molecular weight is 472 g/mol. The number of nitrogens with zero attached hydrogens (tertiary/aromatic N) is 1. The number of likely N-dealkylation sites (N-methyl/N-ethyl adjacent to an activating group) is 1. The first-order chi connectivity index (χ1) is 13.3. The van der Waals surface area contributed by atoms with Crippen molar-refractivity contribution in [2.24, 2.45) is 0 Å². The molecule has 2 rings (SSSR count). The number of sulfonamides is 1. The lowest BCUT2D eigenvalue weighted by molar-refractivity contribution is -0.274. The maximum Gasteiger partial charge on any atom is 0.573 e. The molecule has 0 aliphatic heterocycles. The standard InChI is InChI=1S/C17H18Cl2F3N3O3S/c1-25(2)9-15(10-3-5-12(18)13(19)7-10)24-29(26,27)16-6-4-11(8-14(16)23)28-17(20,21)22/h3-8,15,24H,9,23H2,1-2H3. The van der Waals surface area contributed by atoms with Crippen molar-refractivity contribution in [3.8, 4) is 5.75 Å². The fourth-order valence-corrected chi connectivity index (χ4v) is 4.16. The highest BCUT2D eigenvalue weighted by Crippen LogP contribution is 2.30. The summed E-state index contributed by atoms with van der Waals surface area (Å²) in [5.74, 6) is -0.622. The Morgan fingerprint density at radius 3 is 2.31 bits per heavy atom. The molecule has 0 heterocycles. The van der Waals surface area contributed by atoms with E-state index in [1.807, 2.05) is 0 Å². The van der Waals surface area contributed by atoms with E-state index in [2.05, 4.69) is 9.46 Å². The first-order valence-corrected chi connectivity index (χ1v) is 10.3. The molecule has 0 saturated carbocycles. The maximum absolute atomic E-state index is 12.8. The predicted molar refractivity (Wildman–Crippen MR) is 106 cm³/mol. The van der Waals surface area contributed by atoms with Crippen molar-refractivity contribution in [3.05, 3.63) is 52.0 Å². The first-order valence-electron chi connectivity index (χ1n) is 8.06. The summed E-state index contributed by atoms with van der Waals surface area (Å²) in [6.07, 6.45) is -4.92. The number of nitrogen functional groups attached to an aromatic ring is 1. The zero-order valence-electron chi connectivity index (χ0n) is 15.3. The van der Waals surface area contributed by atoms with Gasteiger partial charge in [-0.3, -0.25) is 0 Å². The van der Waals surface area contributed by atoms with Crippen LogP contribution >= 0.6 is 23.2 Å². The summed E-state index contributed by atoms with van der Waals surface area (Å²) in [4.78, 5) is 1.37. The molecule has 0 aromatic heterocycles. The second-order valence-corrected chi connectivity index (χ2v) is 8.85. The molecule has 12 heteroatoms. The molecule has 0 aliphatic carbocycles. The van der Waals surface area contributed by atoms with E-state index in [4.69, 9.17) is 28.9 Å². The summed E-state index contributed by atoms with van der Waals surface area (Å²) in [7, 11) is -0.689. The summed E-state index contributed by atoms with van der Waals surface area (Å²) in [5, 5.41) is 0.562. The SMILES string of the molecule is CN(C)CC(NS(=O)(=O)c1ccc(OC(F)(F)F)cc1N)c1ccc(Cl)c(Cl)c1. The van der Waals surface area contributed by atoms with Crippen LogP contribution in [0.2, 0.25) is 10.0 Å². The molecule has 1 unspecified atom stereocenters. The molecule has 160 valence electrons. The Kier molecular flexibility index (Phi) is 7.28. The van der Waals surface area contributed by atoms with E-state index >= 15 is 0 Å². The number of anilines is 1. The zero-order valence-corrected chi connectivity index (χ0v) is 17.6. The third-order valence-electron chi connectivity index (χ3n) is 3.70. The molecule has 1 atom stereocenters. The van der Waals surface area contributed by atoms with E-state index in [0.717, 1.165) is 18.2 Å². The monoisotopic (exact) mass is 471 g/mol. The molecular weight excluding hydrogens is 454 g/mol.